The summed E-state index contributed by atoms with van der Waals surface area (Å²) in [7, 11) is 0. The summed E-state index contributed by atoms with van der Waals surface area (Å²) in [5.41, 5.74) is 0.981. The fourth-order valence-corrected chi connectivity index (χ4v) is 2.70. The predicted molar refractivity (Wildman–Crippen MR) is 77.7 cm³/mol. The molecule has 1 aliphatic heterocycles. The minimum Gasteiger partial charge on any atom is -0.367 e. The first-order chi connectivity index (χ1) is 10.2. The zero-order valence-electron chi connectivity index (χ0n) is 12.4. The Morgan fingerprint density at radius 3 is 2.71 bits per heavy atom. The van der Waals surface area contributed by atoms with E-state index < -0.39 is 0 Å². The molecule has 3 heterocycles. The van der Waals surface area contributed by atoms with E-state index in [0.717, 1.165) is 37.4 Å². The molecule has 21 heavy (non-hydrogen) atoms. The normalized spacial score (nSPS) is 18.6. The van der Waals surface area contributed by atoms with Gasteiger partial charge in [0.2, 0.25) is 5.89 Å². The lowest BCUT2D eigenvalue weighted by Gasteiger charge is -2.34. The molecule has 7 heteroatoms. The summed E-state index contributed by atoms with van der Waals surface area (Å²) in [6.07, 6.45) is 5.20. The number of aryl methyl sites for hydroxylation is 1. The van der Waals surface area contributed by atoms with Crippen LogP contribution in [0.25, 0.3) is 0 Å². The second-order valence-corrected chi connectivity index (χ2v) is 5.45. The number of piperidine rings is 1. The lowest BCUT2D eigenvalue weighted by Crippen LogP contribution is -2.40. The predicted octanol–water partition coefficient (Wildman–Crippen LogP) is 1.81. The Morgan fingerprint density at radius 1 is 1.24 bits per heavy atom. The Balaban J connectivity index is 1.53. The maximum atomic E-state index is 5.15. The quantitative estimate of drug-likeness (QED) is 0.918. The molecule has 2 aromatic heterocycles. The summed E-state index contributed by atoms with van der Waals surface area (Å²) in [6.45, 7) is 6.09. The Morgan fingerprint density at radius 2 is 2.05 bits per heavy atom. The number of rotatable bonds is 4. The van der Waals surface area contributed by atoms with Gasteiger partial charge >= 0.3 is 0 Å². The van der Waals surface area contributed by atoms with Crippen LogP contribution in [0, 0.1) is 6.92 Å². The number of hydrogen-bond donors (Lipinski definition) is 1. The first-order valence-electron chi connectivity index (χ1n) is 7.28. The highest BCUT2D eigenvalue weighted by molar-refractivity contribution is 5.35. The van der Waals surface area contributed by atoms with Gasteiger partial charge in [-0.05, 0) is 26.7 Å². The summed E-state index contributed by atoms with van der Waals surface area (Å²) >= 11 is 0. The maximum Gasteiger partial charge on any atom is 0.243 e. The van der Waals surface area contributed by atoms with Crippen LogP contribution < -0.4 is 5.32 Å². The number of likely N-dealkylation sites (tertiary alicyclic amines) is 1. The number of aromatic nitrogens is 4. The molecule has 0 radical (unpaired) electrons. The summed E-state index contributed by atoms with van der Waals surface area (Å²) in [6, 6.07) is 2.60. The van der Waals surface area contributed by atoms with Crippen LogP contribution >= 0.6 is 0 Å². The van der Waals surface area contributed by atoms with Gasteiger partial charge in [-0.3, -0.25) is 4.90 Å². The van der Waals surface area contributed by atoms with Gasteiger partial charge < -0.3 is 9.84 Å². The van der Waals surface area contributed by atoms with Crippen LogP contribution in [0.2, 0.25) is 0 Å². The van der Waals surface area contributed by atoms with Crippen molar-refractivity contribution in [3.63, 3.8) is 0 Å². The number of nitrogens with one attached hydrogen (secondary N) is 1. The zero-order chi connectivity index (χ0) is 14.7. The van der Waals surface area contributed by atoms with E-state index in [4.69, 9.17) is 4.52 Å². The van der Waals surface area contributed by atoms with Gasteiger partial charge in [0, 0.05) is 30.9 Å². The molecule has 0 aliphatic carbocycles. The van der Waals surface area contributed by atoms with Crippen molar-refractivity contribution in [2.45, 2.75) is 38.8 Å². The maximum absolute atomic E-state index is 5.15. The Bertz CT molecular complexity index is 565. The van der Waals surface area contributed by atoms with Crippen molar-refractivity contribution in [2.75, 3.05) is 18.4 Å². The van der Waals surface area contributed by atoms with Gasteiger partial charge in [0.05, 0.1) is 6.04 Å². The van der Waals surface area contributed by atoms with Crippen LogP contribution in [0.5, 0.6) is 0 Å². The lowest BCUT2D eigenvalue weighted by atomic mass is 10.0. The van der Waals surface area contributed by atoms with Crippen LogP contribution in [0.1, 0.15) is 37.4 Å². The third-order valence-corrected chi connectivity index (χ3v) is 3.97. The second kappa shape index (κ2) is 6.17. The Labute approximate surface area is 123 Å². The molecule has 1 fully saturated rings. The van der Waals surface area contributed by atoms with Crippen molar-refractivity contribution in [3.8, 4) is 0 Å². The number of nitrogens with zero attached hydrogens (tertiary/aromatic N) is 5. The molecule has 1 saturated heterocycles. The van der Waals surface area contributed by atoms with E-state index in [-0.39, 0.29) is 6.04 Å². The van der Waals surface area contributed by atoms with Crippen LogP contribution in [-0.2, 0) is 0 Å². The van der Waals surface area contributed by atoms with E-state index in [1.165, 1.54) is 6.33 Å². The highest BCUT2D eigenvalue weighted by atomic mass is 16.5. The van der Waals surface area contributed by atoms with Crippen molar-refractivity contribution in [3.05, 3.63) is 30.3 Å². The van der Waals surface area contributed by atoms with Gasteiger partial charge in [-0.15, -0.1) is 0 Å². The monoisotopic (exact) mass is 288 g/mol. The molecule has 112 valence electrons. The van der Waals surface area contributed by atoms with E-state index in [9.17, 15) is 0 Å². The molecule has 1 atom stereocenters. The fraction of sp³-hybridized carbons (Fsp3) is 0.571. The average molecular weight is 288 g/mol. The van der Waals surface area contributed by atoms with Crippen molar-refractivity contribution in [2.24, 2.45) is 0 Å². The van der Waals surface area contributed by atoms with Crippen molar-refractivity contribution >= 4 is 5.82 Å². The average Bonchev–Trinajstić information content (AvgIpc) is 3.01. The molecule has 3 rings (SSSR count). The van der Waals surface area contributed by atoms with Crippen LogP contribution in [0.4, 0.5) is 5.82 Å². The molecule has 0 bridgehead atoms. The third-order valence-electron chi connectivity index (χ3n) is 3.97. The van der Waals surface area contributed by atoms with Crippen molar-refractivity contribution in [1.82, 2.24) is 25.0 Å². The highest BCUT2D eigenvalue weighted by Crippen LogP contribution is 2.23. The smallest absolute Gasteiger partial charge is 0.243 e. The first-order valence-corrected chi connectivity index (χ1v) is 7.28. The standard InChI is InChI=1S/C14H20N6O/c1-10-7-13(16-8-15-10)19-12-3-5-20(6-4-12)11(2)14-17-9-18-21-14/h7-9,11-12H,3-6H2,1-2H3,(H,15,16,19). The molecular formula is C14H20N6O. The largest absolute Gasteiger partial charge is 0.367 e. The first kappa shape index (κ1) is 13.9. The third kappa shape index (κ3) is 3.36. The van der Waals surface area contributed by atoms with Gasteiger partial charge in [-0.25, -0.2) is 9.97 Å². The SMILES string of the molecule is Cc1cc(NC2CCN(C(C)c3ncno3)CC2)ncn1. The molecule has 1 unspecified atom stereocenters. The van der Waals surface area contributed by atoms with E-state index >= 15 is 0 Å². The molecule has 0 amide bonds. The van der Waals surface area contributed by atoms with Crippen LogP contribution in [0.3, 0.4) is 0 Å². The molecule has 1 aliphatic rings. The van der Waals surface area contributed by atoms with Gasteiger partial charge in [-0.1, -0.05) is 5.16 Å². The van der Waals surface area contributed by atoms with Crippen molar-refractivity contribution < 1.29 is 4.52 Å². The van der Waals surface area contributed by atoms with Gasteiger partial charge in [0.25, 0.3) is 0 Å². The molecule has 7 nitrogen and oxygen atoms in total. The summed E-state index contributed by atoms with van der Waals surface area (Å²) in [4.78, 5) is 14.9. The molecule has 0 spiro atoms. The molecule has 0 aromatic carbocycles. The second-order valence-electron chi connectivity index (χ2n) is 5.45. The topological polar surface area (TPSA) is 80.0 Å². The summed E-state index contributed by atoms with van der Waals surface area (Å²) in [5, 5.41) is 7.16. The molecule has 1 N–H and O–H groups in total. The van der Waals surface area contributed by atoms with E-state index in [1.54, 1.807) is 6.33 Å². The van der Waals surface area contributed by atoms with Gasteiger partial charge in [0.15, 0.2) is 6.33 Å². The van der Waals surface area contributed by atoms with Crippen LogP contribution in [-0.4, -0.2) is 44.1 Å². The van der Waals surface area contributed by atoms with Gasteiger partial charge in [-0.2, -0.15) is 4.98 Å². The van der Waals surface area contributed by atoms with Crippen molar-refractivity contribution in [1.29, 1.82) is 0 Å². The van der Waals surface area contributed by atoms with Gasteiger partial charge in [0.1, 0.15) is 12.1 Å². The molecule has 0 saturated carbocycles. The Hall–Kier alpha value is -2.02. The zero-order valence-corrected chi connectivity index (χ0v) is 12.4. The van der Waals surface area contributed by atoms with E-state index in [2.05, 4.69) is 37.2 Å². The summed E-state index contributed by atoms with van der Waals surface area (Å²) in [5.74, 6) is 1.60. The number of hydrogen-bond acceptors (Lipinski definition) is 7. The fourth-order valence-electron chi connectivity index (χ4n) is 2.70. The lowest BCUT2D eigenvalue weighted by molar-refractivity contribution is 0.140. The summed E-state index contributed by atoms with van der Waals surface area (Å²) < 4.78 is 5.15. The van der Waals surface area contributed by atoms with E-state index in [1.807, 2.05) is 13.0 Å². The highest BCUT2D eigenvalue weighted by Gasteiger charge is 2.26. The molecular weight excluding hydrogens is 268 g/mol. The van der Waals surface area contributed by atoms with Crippen LogP contribution in [0.15, 0.2) is 23.2 Å². The van der Waals surface area contributed by atoms with E-state index in [0.29, 0.717) is 11.9 Å². The molecule has 2 aromatic rings. The number of anilines is 1. The minimum atomic E-state index is 0.176. The Kier molecular flexibility index (Phi) is 4.10. The minimum absolute atomic E-state index is 0.176.